The summed E-state index contributed by atoms with van der Waals surface area (Å²) in [5, 5.41) is 0. The van der Waals surface area contributed by atoms with Crippen LogP contribution < -0.4 is 5.54 Å². The van der Waals surface area contributed by atoms with Gasteiger partial charge in [-0.1, -0.05) is 11.6 Å². The Morgan fingerprint density at radius 1 is 1.25 bits per heavy atom. The van der Waals surface area contributed by atoms with Gasteiger partial charge in [-0.15, -0.1) is 4.48 Å². The summed E-state index contributed by atoms with van der Waals surface area (Å²) in [6.45, 7) is 3.48. The number of hydrogen-bond donors (Lipinski definition) is 1. The summed E-state index contributed by atoms with van der Waals surface area (Å²) >= 11 is 5.89. The van der Waals surface area contributed by atoms with Crippen molar-refractivity contribution in [3.05, 3.63) is 0 Å². The molecule has 1 aliphatic rings. The van der Waals surface area contributed by atoms with E-state index in [1.807, 2.05) is 0 Å². The van der Waals surface area contributed by atoms with Crippen molar-refractivity contribution in [1.29, 1.82) is 0 Å². The molecule has 1 saturated heterocycles. The second-order valence-corrected chi connectivity index (χ2v) is 3.82. The molecular formula is C8H17ClFN2+. The van der Waals surface area contributed by atoms with Gasteiger partial charge in [0, 0.05) is 0 Å². The van der Waals surface area contributed by atoms with Crippen molar-refractivity contribution >= 4 is 11.6 Å². The minimum Gasteiger partial charge on any atom is -0.310 e. The SMILES string of the molecule is FNCC[N+]1(CCl)CCCCC1. The Kier molecular flexibility index (Phi) is 4.26. The Morgan fingerprint density at radius 2 is 1.92 bits per heavy atom. The van der Waals surface area contributed by atoms with Crippen molar-refractivity contribution in [1.82, 2.24) is 5.54 Å². The van der Waals surface area contributed by atoms with Gasteiger partial charge in [0.1, 0.15) is 0 Å². The molecule has 1 aliphatic heterocycles. The van der Waals surface area contributed by atoms with E-state index in [-0.39, 0.29) is 0 Å². The van der Waals surface area contributed by atoms with E-state index in [2.05, 4.69) is 0 Å². The van der Waals surface area contributed by atoms with Gasteiger partial charge >= 0.3 is 0 Å². The van der Waals surface area contributed by atoms with Gasteiger partial charge in [0.15, 0.2) is 6.00 Å². The fourth-order valence-electron chi connectivity index (χ4n) is 1.87. The lowest BCUT2D eigenvalue weighted by Crippen LogP contribution is -2.53. The topological polar surface area (TPSA) is 12.0 Å². The van der Waals surface area contributed by atoms with E-state index in [0.717, 1.165) is 24.1 Å². The highest BCUT2D eigenvalue weighted by molar-refractivity contribution is 6.16. The molecule has 72 valence electrons. The highest BCUT2D eigenvalue weighted by Crippen LogP contribution is 2.18. The zero-order chi connectivity index (χ0) is 8.86. The van der Waals surface area contributed by atoms with Crippen LogP contribution in [0.5, 0.6) is 0 Å². The number of nitrogens with zero attached hydrogens (tertiary/aromatic N) is 1. The smallest absolute Gasteiger partial charge is 0.154 e. The van der Waals surface area contributed by atoms with E-state index in [1.54, 1.807) is 5.54 Å². The Labute approximate surface area is 78.2 Å². The summed E-state index contributed by atoms with van der Waals surface area (Å²) in [5.74, 6) is 0. The van der Waals surface area contributed by atoms with Gasteiger partial charge < -0.3 is 4.48 Å². The van der Waals surface area contributed by atoms with E-state index in [1.165, 1.54) is 19.3 Å². The molecule has 0 saturated carbocycles. The van der Waals surface area contributed by atoms with Crippen molar-refractivity contribution in [3.63, 3.8) is 0 Å². The first-order valence-electron chi connectivity index (χ1n) is 4.57. The van der Waals surface area contributed by atoms with Crippen molar-refractivity contribution in [2.45, 2.75) is 19.3 Å². The standard InChI is InChI=1S/C8H17ClFN2/c9-8-12(7-4-11-10)5-2-1-3-6-12/h11H,1-8H2/q+1. The molecule has 0 radical (unpaired) electrons. The van der Waals surface area contributed by atoms with Crippen LogP contribution in [0.2, 0.25) is 0 Å². The van der Waals surface area contributed by atoms with Gasteiger partial charge in [-0.25, -0.2) is 0 Å². The van der Waals surface area contributed by atoms with Gasteiger partial charge in [-0.05, 0) is 19.3 Å². The molecule has 12 heavy (non-hydrogen) atoms. The van der Waals surface area contributed by atoms with Crippen LogP contribution in [0.1, 0.15) is 19.3 Å². The third-order valence-electron chi connectivity index (χ3n) is 2.70. The van der Waals surface area contributed by atoms with Crippen LogP contribution in [0.25, 0.3) is 0 Å². The summed E-state index contributed by atoms with van der Waals surface area (Å²) in [5.41, 5.74) is 1.70. The lowest BCUT2D eigenvalue weighted by atomic mass is 10.1. The van der Waals surface area contributed by atoms with Crippen LogP contribution in [0, 0.1) is 0 Å². The first kappa shape index (κ1) is 10.2. The molecule has 0 amide bonds. The molecule has 0 unspecified atom stereocenters. The highest BCUT2D eigenvalue weighted by Gasteiger charge is 2.27. The number of piperidine rings is 1. The van der Waals surface area contributed by atoms with Gasteiger partial charge in [0.2, 0.25) is 0 Å². The van der Waals surface area contributed by atoms with Crippen LogP contribution in [-0.4, -0.2) is 36.7 Å². The third-order valence-corrected chi connectivity index (χ3v) is 3.21. The molecule has 1 heterocycles. The summed E-state index contributed by atoms with van der Waals surface area (Å²) in [4.78, 5) is 0. The van der Waals surface area contributed by atoms with Gasteiger partial charge in [0.05, 0.1) is 26.2 Å². The maximum absolute atomic E-state index is 11.8. The monoisotopic (exact) mass is 195 g/mol. The van der Waals surface area contributed by atoms with E-state index >= 15 is 0 Å². The molecule has 1 N–H and O–H groups in total. The fourth-order valence-corrected chi connectivity index (χ4v) is 2.22. The molecule has 0 aromatic rings. The summed E-state index contributed by atoms with van der Waals surface area (Å²) in [6.07, 6.45) is 3.78. The minimum atomic E-state index is 0.423. The molecule has 0 atom stereocenters. The predicted octanol–water partition coefficient (Wildman–Crippen LogP) is 1.66. The average molecular weight is 196 g/mol. The van der Waals surface area contributed by atoms with Crippen LogP contribution in [0.3, 0.4) is 0 Å². The maximum Gasteiger partial charge on any atom is 0.154 e. The maximum atomic E-state index is 11.8. The van der Waals surface area contributed by atoms with Crippen LogP contribution in [0.4, 0.5) is 4.48 Å². The number of likely N-dealkylation sites (tertiary alicyclic amines) is 1. The first-order chi connectivity index (χ1) is 5.83. The zero-order valence-electron chi connectivity index (χ0n) is 7.36. The van der Waals surface area contributed by atoms with Crippen LogP contribution in [0.15, 0.2) is 0 Å². The fraction of sp³-hybridized carbons (Fsp3) is 1.00. The quantitative estimate of drug-likeness (QED) is 0.312. The first-order valence-corrected chi connectivity index (χ1v) is 5.11. The van der Waals surface area contributed by atoms with Gasteiger partial charge in [-0.3, -0.25) is 0 Å². The Bertz CT molecular complexity index is 126. The Balaban J connectivity index is 2.37. The second-order valence-electron chi connectivity index (χ2n) is 3.58. The minimum absolute atomic E-state index is 0.423. The van der Waals surface area contributed by atoms with E-state index < -0.39 is 0 Å². The predicted molar refractivity (Wildman–Crippen MR) is 48.5 cm³/mol. The zero-order valence-corrected chi connectivity index (χ0v) is 8.12. The lowest BCUT2D eigenvalue weighted by Gasteiger charge is -2.39. The number of quaternary nitrogens is 1. The van der Waals surface area contributed by atoms with Gasteiger partial charge in [0.25, 0.3) is 0 Å². The molecule has 0 aliphatic carbocycles. The summed E-state index contributed by atoms with van der Waals surface area (Å²) < 4.78 is 12.6. The molecular weight excluding hydrogens is 179 g/mol. The van der Waals surface area contributed by atoms with Crippen molar-refractivity contribution in [2.24, 2.45) is 0 Å². The van der Waals surface area contributed by atoms with E-state index in [0.29, 0.717) is 12.5 Å². The molecule has 0 aromatic heterocycles. The number of hydrogen-bond acceptors (Lipinski definition) is 1. The largest absolute Gasteiger partial charge is 0.310 e. The number of alkyl halides is 1. The summed E-state index contributed by atoms with van der Waals surface area (Å²) in [7, 11) is 0. The second kappa shape index (κ2) is 5.00. The van der Waals surface area contributed by atoms with Crippen molar-refractivity contribution in [3.8, 4) is 0 Å². The lowest BCUT2D eigenvalue weighted by molar-refractivity contribution is -0.921. The molecule has 2 nitrogen and oxygen atoms in total. The molecule has 0 bridgehead atoms. The van der Waals surface area contributed by atoms with Gasteiger partial charge in [-0.2, -0.15) is 5.54 Å². The number of nitrogens with one attached hydrogen (secondary N) is 1. The van der Waals surface area contributed by atoms with E-state index in [4.69, 9.17) is 11.6 Å². The van der Waals surface area contributed by atoms with E-state index in [9.17, 15) is 4.48 Å². The number of rotatable bonds is 4. The molecule has 1 rings (SSSR count). The normalized spacial score (nSPS) is 22.5. The molecule has 0 spiro atoms. The molecule has 1 fully saturated rings. The summed E-state index contributed by atoms with van der Waals surface area (Å²) in [6, 6.07) is 0.627. The highest BCUT2D eigenvalue weighted by atomic mass is 35.5. The van der Waals surface area contributed by atoms with Crippen molar-refractivity contribution in [2.75, 3.05) is 32.2 Å². The van der Waals surface area contributed by atoms with Crippen LogP contribution >= 0.6 is 11.6 Å². The Hall–Kier alpha value is 0.140. The van der Waals surface area contributed by atoms with Crippen LogP contribution in [-0.2, 0) is 0 Å². The Morgan fingerprint density at radius 3 is 2.42 bits per heavy atom. The average Bonchev–Trinajstić information content (AvgIpc) is 2.16. The third kappa shape index (κ3) is 2.57. The molecule has 4 heteroatoms. The van der Waals surface area contributed by atoms with Crippen molar-refractivity contribution < 1.29 is 8.96 Å². The molecule has 0 aromatic carbocycles. The number of halogens is 2.